The van der Waals surface area contributed by atoms with Crippen LogP contribution in [0.1, 0.15) is 30.2 Å². The summed E-state index contributed by atoms with van der Waals surface area (Å²) >= 11 is 6.23. The third-order valence-corrected chi connectivity index (χ3v) is 5.26. The number of carbonyl (C=O) groups is 2. The third kappa shape index (κ3) is 3.84. The van der Waals surface area contributed by atoms with E-state index in [9.17, 15) is 9.59 Å². The largest absolute Gasteiger partial charge is 0.324 e. The molecular weight excluding hydrogens is 398 g/mol. The van der Waals surface area contributed by atoms with Gasteiger partial charge in [-0.3, -0.25) is 14.3 Å². The lowest BCUT2D eigenvalue weighted by atomic mass is 10.1. The third-order valence-electron chi connectivity index (χ3n) is 5.02. The average molecular weight is 418 g/mol. The van der Waals surface area contributed by atoms with E-state index in [1.807, 2.05) is 42.5 Å². The minimum atomic E-state index is -0.557. The van der Waals surface area contributed by atoms with Crippen LogP contribution in [0.5, 0.6) is 0 Å². The Labute approximate surface area is 179 Å². The highest BCUT2D eigenvalue weighted by Crippen LogP contribution is 2.32. The first-order chi connectivity index (χ1) is 14.4. The van der Waals surface area contributed by atoms with Gasteiger partial charge < -0.3 is 5.32 Å². The average Bonchev–Trinajstić information content (AvgIpc) is 3.12. The molecule has 1 aromatic heterocycles. The minimum Gasteiger partial charge on any atom is -0.324 e. The zero-order valence-corrected chi connectivity index (χ0v) is 17.4. The smallest absolute Gasteiger partial charge is 0.248 e. The van der Waals surface area contributed by atoms with Gasteiger partial charge in [-0.2, -0.15) is 5.10 Å². The quantitative estimate of drug-likeness (QED) is 0.420. The SMILES string of the molecule is CC(=O)c1ccc(NC(=O)[C@H](C)n2nc(-c3ccccc3)c3cc(Cl)ccc32)cc1. The molecule has 0 bridgehead atoms. The summed E-state index contributed by atoms with van der Waals surface area (Å²) in [5.74, 6) is -0.221. The van der Waals surface area contributed by atoms with Gasteiger partial charge in [0.2, 0.25) is 5.91 Å². The molecule has 0 aliphatic rings. The van der Waals surface area contributed by atoms with E-state index in [1.165, 1.54) is 6.92 Å². The van der Waals surface area contributed by atoms with Crippen molar-refractivity contribution in [2.45, 2.75) is 19.9 Å². The summed E-state index contributed by atoms with van der Waals surface area (Å²) in [6.07, 6.45) is 0. The number of halogens is 1. The molecule has 1 atom stereocenters. The van der Waals surface area contributed by atoms with Gasteiger partial charge in [0.05, 0.1) is 5.52 Å². The lowest BCUT2D eigenvalue weighted by molar-refractivity contribution is -0.118. The van der Waals surface area contributed by atoms with Gasteiger partial charge in [0, 0.05) is 27.2 Å². The van der Waals surface area contributed by atoms with Gasteiger partial charge in [-0.15, -0.1) is 0 Å². The number of benzene rings is 3. The molecule has 1 heterocycles. The van der Waals surface area contributed by atoms with Gasteiger partial charge in [-0.05, 0) is 56.3 Å². The van der Waals surface area contributed by atoms with E-state index in [-0.39, 0.29) is 11.7 Å². The number of fused-ring (bicyclic) bond motifs is 1. The van der Waals surface area contributed by atoms with Crippen molar-refractivity contribution < 1.29 is 9.59 Å². The number of anilines is 1. The van der Waals surface area contributed by atoms with E-state index in [0.29, 0.717) is 16.3 Å². The second kappa shape index (κ2) is 8.13. The van der Waals surface area contributed by atoms with Gasteiger partial charge >= 0.3 is 0 Å². The van der Waals surface area contributed by atoms with Gasteiger partial charge in [0.25, 0.3) is 0 Å². The molecule has 4 rings (SSSR count). The first-order valence-electron chi connectivity index (χ1n) is 9.59. The molecule has 1 N–H and O–H groups in total. The van der Waals surface area contributed by atoms with Crippen molar-refractivity contribution in [2.75, 3.05) is 5.32 Å². The Morgan fingerprint density at radius 1 is 1.00 bits per heavy atom. The van der Waals surface area contributed by atoms with Crippen molar-refractivity contribution in [2.24, 2.45) is 0 Å². The molecule has 0 fully saturated rings. The highest BCUT2D eigenvalue weighted by molar-refractivity contribution is 6.31. The van der Waals surface area contributed by atoms with Crippen LogP contribution in [-0.2, 0) is 4.79 Å². The number of rotatable bonds is 5. The standard InChI is InChI=1S/C24H20ClN3O2/c1-15(24(30)26-20-11-8-17(9-12-20)16(2)29)28-22-13-10-19(25)14-21(22)23(27-28)18-6-4-3-5-7-18/h3-15H,1-2H3,(H,26,30)/t15-/m0/s1. The van der Waals surface area contributed by atoms with Crippen LogP contribution in [0, 0.1) is 0 Å². The van der Waals surface area contributed by atoms with Crippen molar-refractivity contribution in [1.29, 1.82) is 0 Å². The summed E-state index contributed by atoms with van der Waals surface area (Å²) in [6.45, 7) is 3.31. The van der Waals surface area contributed by atoms with Crippen LogP contribution in [0.4, 0.5) is 5.69 Å². The predicted octanol–water partition coefficient (Wildman–Crippen LogP) is 5.76. The number of nitrogens with zero attached hydrogens (tertiary/aromatic N) is 2. The van der Waals surface area contributed by atoms with Crippen LogP contribution in [0.3, 0.4) is 0 Å². The Hall–Kier alpha value is -3.44. The topological polar surface area (TPSA) is 64.0 Å². The van der Waals surface area contributed by atoms with Crippen LogP contribution in [0.2, 0.25) is 5.02 Å². The number of carbonyl (C=O) groups excluding carboxylic acids is 2. The van der Waals surface area contributed by atoms with E-state index in [0.717, 1.165) is 22.2 Å². The molecule has 5 nitrogen and oxygen atoms in total. The van der Waals surface area contributed by atoms with Gasteiger partial charge in [0.15, 0.2) is 5.78 Å². The number of hydrogen-bond acceptors (Lipinski definition) is 3. The molecule has 0 saturated carbocycles. The lowest BCUT2D eigenvalue weighted by Gasteiger charge is -2.14. The molecular formula is C24H20ClN3O2. The van der Waals surface area contributed by atoms with Crippen LogP contribution < -0.4 is 5.32 Å². The molecule has 0 aliphatic heterocycles. The molecule has 1 amide bonds. The Morgan fingerprint density at radius 2 is 1.70 bits per heavy atom. The number of aromatic nitrogens is 2. The zero-order valence-electron chi connectivity index (χ0n) is 16.6. The van der Waals surface area contributed by atoms with Crippen LogP contribution >= 0.6 is 11.6 Å². The fourth-order valence-electron chi connectivity index (χ4n) is 3.36. The molecule has 30 heavy (non-hydrogen) atoms. The first-order valence-corrected chi connectivity index (χ1v) is 9.97. The second-order valence-electron chi connectivity index (χ2n) is 7.12. The van der Waals surface area contributed by atoms with Crippen LogP contribution in [-0.4, -0.2) is 21.5 Å². The molecule has 0 saturated heterocycles. The Kier molecular flexibility index (Phi) is 5.38. The summed E-state index contributed by atoms with van der Waals surface area (Å²) in [6, 6.07) is 21.6. The van der Waals surface area contributed by atoms with E-state index in [2.05, 4.69) is 5.32 Å². The van der Waals surface area contributed by atoms with Crippen molar-refractivity contribution in [1.82, 2.24) is 9.78 Å². The van der Waals surface area contributed by atoms with Crippen molar-refractivity contribution in [3.63, 3.8) is 0 Å². The fourth-order valence-corrected chi connectivity index (χ4v) is 3.54. The maximum Gasteiger partial charge on any atom is 0.248 e. The van der Waals surface area contributed by atoms with Crippen LogP contribution in [0.25, 0.3) is 22.2 Å². The molecule has 3 aromatic carbocycles. The van der Waals surface area contributed by atoms with E-state index in [4.69, 9.17) is 16.7 Å². The van der Waals surface area contributed by atoms with Crippen molar-refractivity contribution in [3.8, 4) is 11.3 Å². The van der Waals surface area contributed by atoms with E-state index >= 15 is 0 Å². The van der Waals surface area contributed by atoms with Crippen molar-refractivity contribution >= 4 is 39.9 Å². The van der Waals surface area contributed by atoms with E-state index in [1.54, 1.807) is 41.9 Å². The lowest BCUT2D eigenvalue weighted by Crippen LogP contribution is -2.24. The number of ketones is 1. The monoisotopic (exact) mass is 417 g/mol. The van der Waals surface area contributed by atoms with Gasteiger partial charge in [-0.25, -0.2) is 0 Å². The van der Waals surface area contributed by atoms with Gasteiger partial charge in [-0.1, -0.05) is 41.9 Å². The Bertz CT molecular complexity index is 1230. The number of amides is 1. The minimum absolute atomic E-state index is 0.0173. The predicted molar refractivity (Wildman–Crippen MR) is 120 cm³/mol. The fraction of sp³-hybridized carbons (Fsp3) is 0.125. The van der Waals surface area contributed by atoms with E-state index < -0.39 is 6.04 Å². The molecule has 4 aromatic rings. The molecule has 0 aliphatic carbocycles. The molecule has 150 valence electrons. The normalized spacial score (nSPS) is 12.0. The molecule has 0 spiro atoms. The summed E-state index contributed by atoms with van der Waals surface area (Å²) in [5, 5.41) is 9.15. The van der Waals surface area contributed by atoms with Crippen LogP contribution in [0.15, 0.2) is 72.8 Å². The number of Topliss-reactive ketones (excluding diaryl/α,β-unsaturated/α-hetero) is 1. The number of nitrogens with one attached hydrogen (secondary N) is 1. The second-order valence-corrected chi connectivity index (χ2v) is 7.56. The highest BCUT2D eigenvalue weighted by atomic mass is 35.5. The maximum atomic E-state index is 12.9. The maximum absolute atomic E-state index is 12.9. The summed E-state index contributed by atoms with van der Waals surface area (Å²) < 4.78 is 1.72. The zero-order chi connectivity index (χ0) is 21.3. The Balaban J connectivity index is 1.68. The molecule has 6 heteroatoms. The molecule has 0 radical (unpaired) electrons. The summed E-state index contributed by atoms with van der Waals surface area (Å²) in [7, 11) is 0. The Morgan fingerprint density at radius 3 is 2.37 bits per heavy atom. The first kappa shape index (κ1) is 19.9. The highest BCUT2D eigenvalue weighted by Gasteiger charge is 2.21. The summed E-state index contributed by atoms with van der Waals surface area (Å²) in [5.41, 5.74) is 3.78. The summed E-state index contributed by atoms with van der Waals surface area (Å²) in [4.78, 5) is 24.4. The number of hydrogen-bond donors (Lipinski definition) is 1. The molecule has 0 unspecified atom stereocenters. The van der Waals surface area contributed by atoms with Gasteiger partial charge in [0.1, 0.15) is 11.7 Å². The van der Waals surface area contributed by atoms with Crippen molar-refractivity contribution in [3.05, 3.63) is 83.4 Å².